The van der Waals surface area contributed by atoms with Crippen molar-refractivity contribution in [2.24, 2.45) is 5.73 Å². The monoisotopic (exact) mass is 500 g/mol. The third-order valence-electron chi connectivity index (χ3n) is 5.24. The molecule has 3 aromatic rings. The summed E-state index contributed by atoms with van der Waals surface area (Å²) in [5.41, 5.74) is 6.10. The molecule has 0 unspecified atom stereocenters. The number of fused-ring (bicyclic) bond motifs is 1. The fourth-order valence-electron chi connectivity index (χ4n) is 3.43. The summed E-state index contributed by atoms with van der Waals surface area (Å²) in [4.78, 5) is 34.6. The van der Waals surface area contributed by atoms with Crippen LogP contribution in [-0.4, -0.2) is 62.6 Å². The predicted molar refractivity (Wildman–Crippen MR) is 119 cm³/mol. The number of aliphatic hydroxyl groups excluding tert-OH is 1. The first-order valence-electron chi connectivity index (χ1n) is 10.5. The van der Waals surface area contributed by atoms with Gasteiger partial charge in [0.05, 0.1) is 0 Å². The molecule has 4 rings (SSSR count). The zero-order chi connectivity index (χ0) is 26.0. The number of amides is 2. The number of alkyl halides is 3. The van der Waals surface area contributed by atoms with Crippen molar-refractivity contribution in [2.45, 2.75) is 24.7 Å². The van der Waals surface area contributed by atoms with E-state index < -0.39 is 30.1 Å². The van der Waals surface area contributed by atoms with Crippen LogP contribution >= 0.6 is 0 Å². The Morgan fingerprint density at radius 2 is 1.97 bits per heavy atom. The molecule has 0 spiro atoms. The van der Waals surface area contributed by atoms with E-state index in [2.05, 4.69) is 21.0 Å². The van der Waals surface area contributed by atoms with Crippen LogP contribution in [0.2, 0.25) is 0 Å². The summed E-state index contributed by atoms with van der Waals surface area (Å²) < 4.78 is 44.6. The van der Waals surface area contributed by atoms with Gasteiger partial charge in [0.25, 0.3) is 11.8 Å². The van der Waals surface area contributed by atoms with Crippen molar-refractivity contribution in [3.05, 3.63) is 65.4 Å². The number of carbonyl (C=O) groups excluding carboxylic acids is 2. The number of carbonyl (C=O) groups is 2. The molecule has 13 heteroatoms. The van der Waals surface area contributed by atoms with Gasteiger partial charge in [-0.05, 0) is 23.6 Å². The minimum Gasteiger partial charge on any atom is -0.487 e. The molecule has 1 aliphatic heterocycles. The molecule has 0 saturated carbocycles. The molecule has 3 heterocycles. The van der Waals surface area contributed by atoms with Gasteiger partial charge < -0.3 is 15.6 Å². The molecule has 0 aliphatic carbocycles. The smallest absolute Gasteiger partial charge is 0.425 e. The standard InChI is InChI=1S/C23H19F3N6O4/c1-31-21-16(9-7-14(28-21)8-10-17(33)23(24,25)26)36-12-15(22(31)35)32-18(29-20(30-32)19(27)34)11-13-5-3-2-4-6-13/h2-7,9,15,17,33H,11-12H2,1H3,(H2,27,34)/t15-,17-/m0/s1. The highest BCUT2D eigenvalue weighted by molar-refractivity contribution is 5.97. The van der Waals surface area contributed by atoms with Gasteiger partial charge in [-0.1, -0.05) is 36.3 Å². The predicted octanol–water partition coefficient (Wildman–Crippen LogP) is 1.23. The zero-order valence-electron chi connectivity index (χ0n) is 18.7. The quantitative estimate of drug-likeness (QED) is 0.515. The largest absolute Gasteiger partial charge is 0.487 e. The number of hydrogen-bond donors (Lipinski definition) is 2. The van der Waals surface area contributed by atoms with Crippen LogP contribution in [-0.2, 0) is 11.2 Å². The molecular weight excluding hydrogens is 481 g/mol. The second-order valence-electron chi connectivity index (χ2n) is 7.78. The van der Waals surface area contributed by atoms with E-state index in [0.717, 1.165) is 10.5 Å². The first-order valence-corrected chi connectivity index (χ1v) is 10.5. The molecule has 0 saturated heterocycles. The van der Waals surface area contributed by atoms with E-state index in [1.54, 1.807) is 5.92 Å². The lowest BCUT2D eigenvalue weighted by Gasteiger charge is -2.20. The van der Waals surface area contributed by atoms with Crippen molar-refractivity contribution in [1.29, 1.82) is 0 Å². The molecule has 0 fully saturated rings. The Morgan fingerprint density at radius 3 is 2.64 bits per heavy atom. The SMILES string of the molecule is CN1C(=O)[C@@H](n2nc(C(N)=O)nc2Cc2ccccc2)COc2ccc(C#C[C@H](O)C(F)(F)F)nc21. The average Bonchev–Trinajstić information content (AvgIpc) is 3.21. The fraction of sp³-hybridized carbons (Fsp3) is 0.261. The Balaban J connectivity index is 1.66. The van der Waals surface area contributed by atoms with E-state index in [0.29, 0.717) is 5.82 Å². The van der Waals surface area contributed by atoms with Gasteiger partial charge in [-0.15, -0.1) is 5.10 Å². The highest BCUT2D eigenvalue weighted by Crippen LogP contribution is 2.32. The first kappa shape index (κ1) is 24.7. The third-order valence-corrected chi connectivity index (χ3v) is 5.24. The van der Waals surface area contributed by atoms with E-state index >= 15 is 0 Å². The zero-order valence-corrected chi connectivity index (χ0v) is 18.7. The Labute approximate surface area is 202 Å². The van der Waals surface area contributed by atoms with Gasteiger partial charge in [0.2, 0.25) is 11.9 Å². The number of nitrogens with two attached hydrogens (primary N) is 1. The Kier molecular flexibility index (Phi) is 6.63. The summed E-state index contributed by atoms with van der Waals surface area (Å²) in [7, 11) is 1.40. The summed E-state index contributed by atoms with van der Waals surface area (Å²) in [5.74, 6) is 2.65. The number of pyridine rings is 1. The second kappa shape index (κ2) is 9.67. The van der Waals surface area contributed by atoms with Crippen molar-refractivity contribution in [3.8, 4) is 17.6 Å². The summed E-state index contributed by atoms with van der Waals surface area (Å²) in [6.07, 6.45) is -7.49. The average molecular weight is 500 g/mol. The van der Waals surface area contributed by atoms with Crippen LogP contribution in [0.15, 0.2) is 42.5 Å². The van der Waals surface area contributed by atoms with Gasteiger partial charge in [-0.2, -0.15) is 13.2 Å². The highest BCUT2D eigenvalue weighted by Gasteiger charge is 2.37. The number of aliphatic hydroxyl groups is 1. The highest BCUT2D eigenvalue weighted by atomic mass is 19.4. The topological polar surface area (TPSA) is 136 Å². The number of benzene rings is 1. The molecule has 3 N–H and O–H groups in total. The van der Waals surface area contributed by atoms with Gasteiger partial charge in [0.1, 0.15) is 18.1 Å². The van der Waals surface area contributed by atoms with E-state index in [-0.39, 0.29) is 36.1 Å². The molecular formula is C23H19F3N6O4. The molecule has 10 nitrogen and oxygen atoms in total. The molecule has 1 aliphatic rings. The summed E-state index contributed by atoms with van der Waals surface area (Å²) >= 11 is 0. The number of ether oxygens (including phenoxy) is 1. The lowest BCUT2D eigenvalue weighted by molar-refractivity contribution is -0.184. The number of nitrogens with zero attached hydrogens (tertiary/aromatic N) is 5. The number of anilines is 1. The van der Waals surface area contributed by atoms with Crippen LogP contribution in [0.5, 0.6) is 5.75 Å². The van der Waals surface area contributed by atoms with Crippen LogP contribution in [0.3, 0.4) is 0 Å². The summed E-state index contributed by atoms with van der Waals surface area (Å²) in [6.45, 7) is -0.195. The maximum absolute atomic E-state index is 13.4. The van der Waals surface area contributed by atoms with E-state index in [9.17, 15) is 22.8 Å². The van der Waals surface area contributed by atoms with Crippen molar-refractivity contribution >= 4 is 17.6 Å². The molecule has 36 heavy (non-hydrogen) atoms. The van der Waals surface area contributed by atoms with Crippen molar-refractivity contribution in [2.75, 3.05) is 18.6 Å². The van der Waals surface area contributed by atoms with Crippen molar-refractivity contribution in [1.82, 2.24) is 19.7 Å². The Hall–Kier alpha value is -4.44. The summed E-state index contributed by atoms with van der Waals surface area (Å²) in [5, 5.41) is 13.2. The van der Waals surface area contributed by atoms with Crippen LogP contribution in [0.25, 0.3) is 0 Å². The van der Waals surface area contributed by atoms with Gasteiger partial charge in [0.15, 0.2) is 17.6 Å². The third kappa shape index (κ3) is 5.13. The number of aromatic nitrogens is 4. The van der Waals surface area contributed by atoms with Crippen LogP contribution in [0.4, 0.5) is 19.0 Å². The number of primary amides is 1. The Morgan fingerprint density at radius 1 is 1.25 bits per heavy atom. The number of hydrogen-bond acceptors (Lipinski definition) is 7. The van der Waals surface area contributed by atoms with E-state index in [1.807, 2.05) is 30.3 Å². The fourth-order valence-corrected chi connectivity index (χ4v) is 3.43. The number of halogens is 3. The van der Waals surface area contributed by atoms with E-state index in [4.69, 9.17) is 15.6 Å². The van der Waals surface area contributed by atoms with E-state index in [1.165, 1.54) is 23.9 Å². The maximum atomic E-state index is 13.4. The maximum Gasteiger partial charge on any atom is 0.425 e. The lowest BCUT2D eigenvalue weighted by Crippen LogP contribution is -2.37. The molecule has 2 amide bonds. The van der Waals surface area contributed by atoms with Gasteiger partial charge >= 0.3 is 6.18 Å². The molecule has 0 radical (unpaired) electrons. The van der Waals surface area contributed by atoms with Crippen LogP contribution < -0.4 is 15.4 Å². The van der Waals surface area contributed by atoms with Crippen molar-refractivity contribution in [3.63, 3.8) is 0 Å². The van der Waals surface area contributed by atoms with Gasteiger partial charge in [0, 0.05) is 13.5 Å². The normalized spacial score (nSPS) is 16.3. The van der Waals surface area contributed by atoms with Crippen LogP contribution in [0, 0.1) is 11.8 Å². The van der Waals surface area contributed by atoms with Crippen LogP contribution in [0.1, 0.15) is 33.7 Å². The molecule has 1 aromatic carbocycles. The minimum absolute atomic E-state index is 0.00986. The number of rotatable bonds is 4. The lowest BCUT2D eigenvalue weighted by atomic mass is 10.1. The summed E-state index contributed by atoms with van der Waals surface area (Å²) in [6, 6.07) is 10.8. The minimum atomic E-state index is -4.90. The van der Waals surface area contributed by atoms with Crippen molar-refractivity contribution < 1.29 is 32.6 Å². The second-order valence-corrected chi connectivity index (χ2v) is 7.78. The van der Waals surface area contributed by atoms with Gasteiger partial charge in [-0.3, -0.25) is 14.5 Å². The molecule has 2 aromatic heterocycles. The molecule has 186 valence electrons. The molecule has 2 atom stereocenters. The number of likely N-dealkylation sites (N-methyl/N-ethyl adjacent to an activating group) is 1. The first-order chi connectivity index (χ1) is 17.0. The van der Waals surface area contributed by atoms with Gasteiger partial charge in [-0.25, -0.2) is 14.6 Å². The molecule has 0 bridgehead atoms. The Bertz CT molecular complexity index is 1360.